The van der Waals surface area contributed by atoms with Crippen LogP contribution in [0.4, 0.5) is 0 Å². The lowest BCUT2D eigenvalue weighted by molar-refractivity contribution is -0.127. The Bertz CT molecular complexity index is 926. The number of pyridine rings is 1. The van der Waals surface area contributed by atoms with Crippen molar-refractivity contribution in [1.29, 1.82) is 0 Å². The Labute approximate surface area is 170 Å². The van der Waals surface area contributed by atoms with Crippen LogP contribution in [0.2, 0.25) is 0 Å². The number of carbonyl (C=O) groups is 1. The zero-order valence-corrected chi connectivity index (χ0v) is 16.8. The average molecular weight is 399 g/mol. The standard InChI is InChI=1S/C22H30N4O3/c23-19-8-10-25-11-12-26-20-14-17(6-4-16(20)5-7-21(26)27)29-13-3-1-2-9-24-22(28)18(19)15-25/h4-7,14,18-19H,1-3,8-13,15,23H2,(H,24,28). The molecule has 3 atom stereocenters. The van der Waals surface area contributed by atoms with Gasteiger partial charge in [-0.05, 0) is 55.8 Å². The summed E-state index contributed by atoms with van der Waals surface area (Å²) in [4.78, 5) is 27.4. The maximum Gasteiger partial charge on any atom is 0.251 e. The van der Waals surface area contributed by atoms with E-state index in [9.17, 15) is 9.59 Å². The number of fused-ring (bicyclic) bond motifs is 3. The van der Waals surface area contributed by atoms with E-state index >= 15 is 0 Å². The third-order valence-corrected chi connectivity index (χ3v) is 6.08. The molecule has 0 spiro atoms. The van der Waals surface area contributed by atoms with Gasteiger partial charge in [-0.2, -0.15) is 0 Å². The second-order valence-electron chi connectivity index (χ2n) is 8.10. The van der Waals surface area contributed by atoms with Gasteiger partial charge in [-0.25, -0.2) is 0 Å². The van der Waals surface area contributed by atoms with Crippen LogP contribution in [-0.4, -0.2) is 54.2 Å². The van der Waals surface area contributed by atoms with Crippen LogP contribution in [0.25, 0.3) is 10.9 Å². The zero-order valence-electron chi connectivity index (χ0n) is 16.8. The molecule has 0 aliphatic carbocycles. The average Bonchev–Trinajstić information content (AvgIpc) is 2.72. The summed E-state index contributed by atoms with van der Waals surface area (Å²) in [5, 5.41) is 4.07. The first-order valence-electron chi connectivity index (χ1n) is 10.6. The molecule has 3 N–H and O–H groups in total. The first-order chi connectivity index (χ1) is 14.1. The molecule has 4 rings (SSSR count). The highest BCUT2D eigenvalue weighted by Crippen LogP contribution is 2.21. The molecule has 2 aliphatic heterocycles. The van der Waals surface area contributed by atoms with Crippen LogP contribution in [0.5, 0.6) is 5.75 Å². The number of benzene rings is 1. The van der Waals surface area contributed by atoms with Crippen LogP contribution in [0.3, 0.4) is 0 Å². The number of aromatic nitrogens is 1. The fraction of sp³-hybridized carbons (Fsp3) is 0.545. The molecule has 3 heterocycles. The van der Waals surface area contributed by atoms with Gasteiger partial charge in [-0.15, -0.1) is 0 Å². The van der Waals surface area contributed by atoms with Gasteiger partial charge in [-0.1, -0.05) is 0 Å². The maximum absolute atomic E-state index is 12.6. The topological polar surface area (TPSA) is 89.6 Å². The maximum atomic E-state index is 12.6. The van der Waals surface area contributed by atoms with Crippen molar-refractivity contribution in [2.45, 2.75) is 38.3 Å². The molecule has 2 aromatic rings. The lowest BCUT2D eigenvalue weighted by Gasteiger charge is -2.36. The SMILES string of the molecule is NC1CCN2CCn3c(=O)ccc4ccc(cc43)OCCCCCNC(=O)C1C2. The number of nitrogens with two attached hydrogens (primary N) is 1. The third kappa shape index (κ3) is 4.62. The molecule has 1 amide bonds. The molecule has 2 aliphatic rings. The van der Waals surface area contributed by atoms with E-state index < -0.39 is 0 Å². The minimum atomic E-state index is -0.196. The quantitative estimate of drug-likeness (QED) is 0.699. The Morgan fingerprint density at radius 1 is 1.03 bits per heavy atom. The van der Waals surface area contributed by atoms with E-state index in [1.165, 1.54) is 0 Å². The smallest absolute Gasteiger partial charge is 0.251 e. The Hall–Kier alpha value is -2.38. The summed E-state index contributed by atoms with van der Waals surface area (Å²) in [6.07, 6.45) is 3.63. The van der Waals surface area contributed by atoms with Crippen molar-refractivity contribution in [2.24, 2.45) is 11.7 Å². The van der Waals surface area contributed by atoms with Crippen molar-refractivity contribution in [1.82, 2.24) is 14.8 Å². The number of hydrogen-bond donors (Lipinski definition) is 2. The van der Waals surface area contributed by atoms with Crippen molar-refractivity contribution in [2.75, 3.05) is 32.8 Å². The van der Waals surface area contributed by atoms with E-state index in [4.69, 9.17) is 10.5 Å². The lowest BCUT2D eigenvalue weighted by atomic mass is 9.92. The molecule has 1 fully saturated rings. The van der Waals surface area contributed by atoms with Gasteiger partial charge in [0.15, 0.2) is 0 Å². The molecule has 0 radical (unpaired) electrons. The molecule has 156 valence electrons. The highest BCUT2D eigenvalue weighted by Gasteiger charge is 2.31. The van der Waals surface area contributed by atoms with Gasteiger partial charge in [-0.3, -0.25) is 9.59 Å². The van der Waals surface area contributed by atoms with Gasteiger partial charge in [0.2, 0.25) is 5.91 Å². The first kappa shape index (κ1) is 19.9. The van der Waals surface area contributed by atoms with Crippen molar-refractivity contribution in [3.63, 3.8) is 0 Å². The van der Waals surface area contributed by atoms with E-state index in [2.05, 4.69) is 10.2 Å². The van der Waals surface area contributed by atoms with Gasteiger partial charge < -0.3 is 25.3 Å². The molecule has 4 bridgehead atoms. The Morgan fingerprint density at radius 2 is 1.90 bits per heavy atom. The van der Waals surface area contributed by atoms with E-state index in [1.54, 1.807) is 6.07 Å². The summed E-state index contributed by atoms with van der Waals surface area (Å²) in [6.45, 7) is 4.07. The molecule has 3 unspecified atom stereocenters. The fourth-order valence-electron chi connectivity index (χ4n) is 4.28. The minimum absolute atomic E-state index is 0.0180. The van der Waals surface area contributed by atoms with Gasteiger partial charge >= 0.3 is 0 Å². The number of amides is 1. The zero-order chi connectivity index (χ0) is 20.2. The predicted octanol–water partition coefficient (Wildman–Crippen LogP) is 1.33. The van der Waals surface area contributed by atoms with Gasteiger partial charge in [0.1, 0.15) is 5.75 Å². The van der Waals surface area contributed by atoms with Gasteiger partial charge in [0.05, 0.1) is 18.0 Å². The van der Waals surface area contributed by atoms with E-state index in [1.807, 2.05) is 28.8 Å². The summed E-state index contributed by atoms with van der Waals surface area (Å²) in [5.41, 5.74) is 7.12. The van der Waals surface area contributed by atoms with Crippen LogP contribution in [0.15, 0.2) is 35.1 Å². The second-order valence-corrected chi connectivity index (χ2v) is 8.10. The Kier molecular flexibility index (Phi) is 6.16. The molecular formula is C22H30N4O3. The van der Waals surface area contributed by atoms with Crippen LogP contribution >= 0.6 is 0 Å². The van der Waals surface area contributed by atoms with Crippen LogP contribution in [0, 0.1) is 5.92 Å². The molecule has 1 aromatic heterocycles. The predicted molar refractivity (Wildman–Crippen MR) is 113 cm³/mol. The summed E-state index contributed by atoms with van der Waals surface area (Å²) in [5.74, 6) is 0.644. The minimum Gasteiger partial charge on any atom is -0.494 e. The summed E-state index contributed by atoms with van der Waals surface area (Å²) in [7, 11) is 0. The summed E-state index contributed by atoms with van der Waals surface area (Å²) in [6, 6.07) is 9.31. The molecule has 0 saturated carbocycles. The lowest BCUT2D eigenvalue weighted by Crippen LogP contribution is -2.53. The number of nitrogens with one attached hydrogen (secondary N) is 1. The van der Waals surface area contributed by atoms with E-state index in [-0.39, 0.29) is 23.4 Å². The number of hydrogen-bond acceptors (Lipinski definition) is 5. The molecule has 1 aromatic carbocycles. The molecule has 29 heavy (non-hydrogen) atoms. The largest absolute Gasteiger partial charge is 0.494 e. The molecule has 7 heteroatoms. The molecule has 1 saturated heterocycles. The highest BCUT2D eigenvalue weighted by molar-refractivity contribution is 5.80. The van der Waals surface area contributed by atoms with Crippen LogP contribution in [-0.2, 0) is 11.3 Å². The number of carbonyl (C=O) groups excluding carboxylic acids is 1. The second kappa shape index (κ2) is 8.97. The number of piperidine rings is 1. The number of nitrogens with zero attached hydrogens (tertiary/aromatic N) is 2. The van der Waals surface area contributed by atoms with E-state index in [0.717, 1.165) is 48.9 Å². The fourth-order valence-corrected chi connectivity index (χ4v) is 4.28. The Morgan fingerprint density at radius 3 is 2.79 bits per heavy atom. The van der Waals surface area contributed by atoms with Crippen LogP contribution < -0.4 is 21.3 Å². The van der Waals surface area contributed by atoms with Crippen molar-refractivity contribution < 1.29 is 9.53 Å². The molecule has 7 nitrogen and oxygen atoms in total. The molecular weight excluding hydrogens is 368 g/mol. The van der Waals surface area contributed by atoms with E-state index in [0.29, 0.717) is 32.8 Å². The van der Waals surface area contributed by atoms with Crippen molar-refractivity contribution >= 4 is 16.8 Å². The third-order valence-electron chi connectivity index (χ3n) is 6.08. The van der Waals surface area contributed by atoms with Crippen molar-refractivity contribution in [3.8, 4) is 5.75 Å². The summed E-state index contributed by atoms with van der Waals surface area (Å²) >= 11 is 0. The Balaban J connectivity index is 1.61. The summed E-state index contributed by atoms with van der Waals surface area (Å²) < 4.78 is 7.72. The first-order valence-corrected chi connectivity index (χ1v) is 10.6. The monoisotopic (exact) mass is 398 g/mol. The van der Waals surface area contributed by atoms with Crippen LogP contribution in [0.1, 0.15) is 25.7 Å². The number of ether oxygens (including phenoxy) is 1. The number of rotatable bonds is 0. The van der Waals surface area contributed by atoms with Gasteiger partial charge in [0, 0.05) is 44.4 Å². The van der Waals surface area contributed by atoms with Crippen molar-refractivity contribution in [3.05, 3.63) is 40.7 Å². The highest BCUT2D eigenvalue weighted by atomic mass is 16.5. The van der Waals surface area contributed by atoms with Gasteiger partial charge in [0.25, 0.3) is 5.56 Å². The normalized spacial score (nSPS) is 26.5.